The van der Waals surface area contributed by atoms with Gasteiger partial charge in [-0.05, 0) is 31.4 Å². The van der Waals surface area contributed by atoms with E-state index in [9.17, 15) is 13.2 Å². The normalized spacial score (nSPS) is 11.9. The van der Waals surface area contributed by atoms with Crippen LogP contribution in [-0.2, 0) is 19.0 Å². The lowest BCUT2D eigenvalue weighted by Gasteiger charge is -2.12. The van der Waals surface area contributed by atoms with Gasteiger partial charge in [-0.25, -0.2) is 4.98 Å². The summed E-state index contributed by atoms with van der Waals surface area (Å²) in [6, 6.07) is 6.38. The summed E-state index contributed by atoms with van der Waals surface area (Å²) in [7, 11) is 1.66. The molecule has 2 aromatic rings. The molecule has 0 fully saturated rings. The molecule has 150 valence electrons. The average Bonchev–Trinajstić information content (AvgIpc) is 3.04. The van der Waals surface area contributed by atoms with Crippen LogP contribution in [-0.4, -0.2) is 31.1 Å². The van der Waals surface area contributed by atoms with Crippen molar-refractivity contribution in [3.05, 3.63) is 51.0 Å². The summed E-state index contributed by atoms with van der Waals surface area (Å²) < 4.78 is 37.6. The molecule has 0 bridgehead atoms. The zero-order valence-electron chi connectivity index (χ0n) is 15.5. The van der Waals surface area contributed by atoms with E-state index in [0.717, 1.165) is 29.7 Å². The molecule has 0 aliphatic carbocycles. The average molecular weight is 512 g/mol. The van der Waals surface area contributed by atoms with E-state index in [-0.39, 0.29) is 24.0 Å². The summed E-state index contributed by atoms with van der Waals surface area (Å²) in [6.45, 7) is 5.35. The molecule has 0 amide bonds. The van der Waals surface area contributed by atoms with Crippen LogP contribution in [0.1, 0.15) is 27.4 Å². The highest BCUT2D eigenvalue weighted by Crippen LogP contribution is 2.29. The fourth-order valence-electron chi connectivity index (χ4n) is 2.51. The van der Waals surface area contributed by atoms with Gasteiger partial charge < -0.3 is 10.6 Å². The molecule has 1 aromatic heterocycles. The van der Waals surface area contributed by atoms with Crippen molar-refractivity contribution in [2.75, 3.05) is 20.1 Å². The van der Waals surface area contributed by atoms with E-state index in [2.05, 4.69) is 52.7 Å². The number of thiazole rings is 1. The summed E-state index contributed by atoms with van der Waals surface area (Å²) in [5.41, 5.74) is 2.96. The molecule has 2 N–H and O–H groups in total. The molecule has 1 aromatic carbocycles. The molecule has 0 saturated heterocycles. The highest BCUT2D eigenvalue weighted by molar-refractivity contribution is 14.0. The molecule has 9 heteroatoms. The van der Waals surface area contributed by atoms with E-state index >= 15 is 0 Å². The predicted octanol–water partition coefficient (Wildman–Crippen LogP) is 4.35. The predicted molar refractivity (Wildman–Crippen MR) is 115 cm³/mol. The van der Waals surface area contributed by atoms with Crippen LogP contribution in [0.25, 0.3) is 0 Å². The highest BCUT2D eigenvalue weighted by Gasteiger charge is 2.33. The number of aromatic nitrogens is 1. The van der Waals surface area contributed by atoms with Gasteiger partial charge in [0.15, 0.2) is 11.7 Å². The molecular formula is C18H24F3IN4S. The van der Waals surface area contributed by atoms with Crippen LogP contribution in [0.15, 0.2) is 28.6 Å². The molecule has 0 unspecified atom stereocenters. The van der Waals surface area contributed by atoms with Gasteiger partial charge >= 0.3 is 6.18 Å². The second-order valence-corrected chi connectivity index (χ2v) is 6.92. The number of benzene rings is 1. The summed E-state index contributed by atoms with van der Waals surface area (Å²) in [6.07, 6.45) is -3.10. The molecule has 0 radical (unpaired) electrons. The number of nitrogens with one attached hydrogen (secondary N) is 2. The molecule has 2 rings (SSSR count). The van der Waals surface area contributed by atoms with Gasteiger partial charge in [-0.3, -0.25) is 4.99 Å². The Balaban J connectivity index is 0.00000364. The molecule has 0 saturated carbocycles. The third kappa shape index (κ3) is 7.65. The Bertz CT molecular complexity index is 759. The van der Waals surface area contributed by atoms with Crippen molar-refractivity contribution < 1.29 is 13.2 Å². The zero-order valence-corrected chi connectivity index (χ0v) is 18.6. The highest BCUT2D eigenvalue weighted by atomic mass is 127. The minimum atomic E-state index is -4.38. The summed E-state index contributed by atoms with van der Waals surface area (Å²) in [4.78, 5) is 7.74. The molecule has 0 aliphatic heterocycles. The Kier molecular flexibility index (Phi) is 9.51. The molecule has 27 heavy (non-hydrogen) atoms. The van der Waals surface area contributed by atoms with Crippen molar-refractivity contribution >= 4 is 41.3 Å². The third-order valence-corrected chi connectivity index (χ3v) is 4.79. The first-order valence-electron chi connectivity index (χ1n) is 8.32. The number of nitrogens with zero attached hydrogens (tertiary/aromatic N) is 2. The second kappa shape index (κ2) is 10.8. The zero-order chi connectivity index (χ0) is 19.2. The molecule has 4 nitrogen and oxygen atoms in total. The SMILES string of the molecule is CN=C(NCCc1nc(C(F)(F)F)cs1)NCCc1ccc(C)cc1C.I. The fourth-order valence-corrected chi connectivity index (χ4v) is 3.31. The number of hydrogen-bond donors (Lipinski definition) is 2. The fraction of sp³-hybridized carbons (Fsp3) is 0.444. The molecule has 0 atom stereocenters. The number of aliphatic imine (C=N–C) groups is 1. The topological polar surface area (TPSA) is 49.3 Å². The quantitative estimate of drug-likeness (QED) is 0.344. The van der Waals surface area contributed by atoms with Crippen molar-refractivity contribution in [2.24, 2.45) is 4.99 Å². The molecule has 0 spiro atoms. The standard InChI is InChI=1S/C18H23F3N4S.HI/c1-12-4-5-14(13(2)10-12)6-8-23-17(22-3)24-9-7-16-25-15(11-26-16)18(19,20)21;/h4-5,10-11H,6-9H2,1-3H3,(H2,22,23,24);1H. The maximum atomic E-state index is 12.5. The Morgan fingerprint density at radius 3 is 2.37 bits per heavy atom. The molecule has 0 aliphatic rings. The Morgan fingerprint density at radius 1 is 1.15 bits per heavy atom. The lowest BCUT2D eigenvalue weighted by Crippen LogP contribution is -2.39. The van der Waals surface area contributed by atoms with Crippen LogP contribution in [0.5, 0.6) is 0 Å². The van der Waals surface area contributed by atoms with Crippen molar-refractivity contribution in [3.8, 4) is 0 Å². The minimum Gasteiger partial charge on any atom is -0.356 e. The van der Waals surface area contributed by atoms with E-state index in [4.69, 9.17) is 0 Å². The molecular weight excluding hydrogens is 488 g/mol. The number of halogens is 4. The second-order valence-electron chi connectivity index (χ2n) is 5.98. The van der Waals surface area contributed by atoms with E-state index in [1.54, 1.807) is 7.05 Å². The summed E-state index contributed by atoms with van der Waals surface area (Å²) >= 11 is 1.02. The van der Waals surface area contributed by atoms with Crippen LogP contribution >= 0.6 is 35.3 Å². The van der Waals surface area contributed by atoms with Crippen molar-refractivity contribution in [3.63, 3.8) is 0 Å². The van der Waals surface area contributed by atoms with E-state index in [1.165, 1.54) is 16.7 Å². The lowest BCUT2D eigenvalue weighted by molar-refractivity contribution is -0.140. The number of alkyl halides is 3. The number of aryl methyl sites for hydroxylation is 2. The van der Waals surface area contributed by atoms with Crippen molar-refractivity contribution in [1.82, 2.24) is 15.6 Å². The van der Waals surface area contributed by atoms with Crippen molar-refractivity contribution in [2.45, 2.75) is 32.9 Å². The first-order valence-corrected chi connectivity index (χ1v) is 9.20. The van der Waals surface area contributed by atoms with Gasteiger partial charge in [0.05, 0.1) is 5.01 Å². The number of guanidine groups is 1. The van der Waals surface area contributed by atoms with E-state index < -0.39 is 11.9 Å². The smallest absolute Gasteiger partial charge is 0.356 e. The lowest BCUT2D eigenvalue weighted by atomic mass is 10.0. The van der Waals surface area contributed by atoms with Gasteiger partial charge in [-0.1, -0.05) is 23.8 Å². The van der Waals surface area contributed by atoms with Crippen LogP contribution in [0.3, 0.4) is 0 Å². The monoisotopic (exact) mass is 512 g/mol. The Hall–Kier alpha value is -1.36. The maximum absolute atomic E-state index is 12.5. The van der Waals surface area contributed by atoms with Crippen LogP contribution in [0.4, 0.5) is 13.2 Å². The van der Waals surface area contributed by atoms with Crippen LogP contribution in [0, 0.1) is 13.8 Å². The maximum Gasteiger partial charge on any atom is 0.434 e. The van der Waals surface area contributed by atoms with Crippen molar-refractivity contribution in [1.29, 1.82) is 0 Å². The third-order valence-electron chi connectivity index (χ3n) is 3.88. The van der Waals surface area contributed by atoms with Gasteiger partial charge in [-0.2, -0.15) is 13.2 Å². The van der Waals surface area contributed by atoms with E-state index in [0.29, 0.717) is 23.9 Å². The summed E-state index contributed by atoms with van der Waals surface area (Å²) in [5, 5.41) is 7.82. The minimum absolute atomic E-state index is 0. The first-order chi connectivity index (χ1) is 12.3. The number of rotatable bonds is 6. The Morgan fingerprint density at radius 2 is 1.81 bits per heavy atom. The largest absolute Gasteiger partial charge is 0.434 e. The van der Waals surface area contributed by atoms with Crippen LogP contribution in [0.2, 0.25) is 0 Å². The van der Waals surface area contributed by atoms with Gasteiger partial charge in [0.1, 0.15) is 0 Å². The van der Waals surface area contributed by atoms with Gasteiger partial charge in [0.25, 0.3) is 0 Å². The van der Waals surface area contributed by atoms with Crippen LogP contribution < -0.4 is 10.6 Å². The summed E-state index contributed by atoms with van der Waals surface area (Å²) in [5.74, 6) is 0.627. The van der Waals surface area contributed by atoms with Gasteiger partial charge in [0, 0.05) is 31.9 Å². The Labute approximate surface area is 178 Å². The van der Waals surface area contributed by atoms with Gasteiger partial charge in [0.2, 0.25) is 0 Å². The van der Waals surface area contributed by atoms with Gasteiger partial charge in [-0.15, -0.1) is 35.3 Å². The van der Waals surface area contributed by atoms with E-state index in [1.807, 2.05) is 0 Å². The molecule has 1 heterocycles. The number of hydrogen-bond acceptors (Lipinski definition) is 3. The first kappa shape index (κ1) is 23.7.